The van der Waals surface area contributed by atoms with Gasteiger partial charge in [-0.15, -0.1) is 0 Å². The molecule has 1 aliphatic heterocycles. The Balaban J connectivity index is 2.06. The number of carboxylic acid groups (broad SMARTS) is 1. The van der Waals surface area contributed by atoms with Crippen molar-refractivity contribution in [1.82, 2.24) is 9.80 Å². The lowest BCUT2D eigenvalue weighted by Crippen LogP contribution is -2.51. The Kier molecular flexibility index (Phi) is 5.44. The third-order valence-corrected chi connectivity index (χ3v) is 4.22. The van der Waals surface area contributed by atoms with Crippen LogP contribution in [0.5, 0.6) is 11.5 Å². The number of nitrogens with zero attached hydrogens (tertiary/aromatic N) is 2. The molecule has 1 aliphatic rings. The highest BCUT2D eigenvalue weighted by Crippen LogP contribution is 2.32. The van der Waals surface area contributed by atoms with Gasteiger partial charge in [0.2, 0.25) is 0 Å². The van der Waals surface area contributed by atoms with Crippen LogP contribution in [0.15, 0.2) is 18.2 Å². The molecule has 1 fully saturated rings. The van der Waals surface area contributed by atoms with Crippen LogP contribution in [0.4, 0.5) is 0 Å². The Hall–Kier alpha value is -2.28. The number of rotatable bonds is 4. The van der Waals surface area contributed by atoms with Gasteiger partial charge in [-0.05, 0) is 13.0 Å². The highest BCUT2D eigenvalue weighted by Gasteiger charge is 2.28. The molecular weight excluding hydrogens is 300 g/mol. The fourth-order valence-electron chi connectivity index (χ4n) is 2.81. The van der Waals surface area contributed by atoms with E-state index in [0.717, 1.165) is 17.1 Å². The maximum Gasteiger partial charge on any atom is 0.394 e. The van der Waals surface area contributed by atoms with E-state index < -0.39 is 11.9 Å². The van der Waals surface area contributed by atoms with Crippen LogP contribution in [-0.2, 0) is 9.59 Å². The minimum Gasteiger partial charge on any atom is -0.497 e. The molecule has 0 aliphatic carbocycles. The molecule has 1 N–H and O–H groups in total. The average molecular weight is 322 g/mol. The van der Waals surface area contributed by atoms with Crippen molar-refractivity contribution in [2.24, 2.45) is 0 Å². The van der Waals surface area contributed by atoms with Gasteiger partial charge in [-0.2, -0.15) is 0 Å². The van der Waals surface area contributed by atoms with E-state index in [0.29, 0.717) is 26.2 Å². The molecule has 126 valence electrons. The molecule has 1 unspecified atom stereocenters. The first-order chi connectivity index (χ1) is 11.0. The smallest absolute Gasteiger partial charge is 0.394 e. The maximum absolute atomic E-state index is 11.5. The van der Waals surface area contributed by atoms with Gasteiger partial charge in [0.1, 0.15) is 11.5 Å². The van der Waals surface area contributed by atoms with Gasteiger partial charge in [-0.1, -0.05) is 6.07 Å². The quantitative estimate of drug-likeness (QED) is 0.833. The highest BCUT2D eigenvalue weighted by molar-refractivity contribution is 6.31. The Morgan fingerprint density at radius 2 is 1.78 bits per heavy atom. The van der Waals surface area contributed by atoms with Crippen molar-refractivity contribution in [3.63, 3.8) is 0 Å². The second kappa shape index (κ2) is 7.32. The van der Waals surface area contributed by atoms with E-state index in [2.05, 4.69) is 11.8 Å². The molecule has 0 spiro atoms. The van der Waals surface area contributed by atoms with Gasteiger partial charge in [0.15, 0.2) is 0 Å². The van der Waals surface area contributed by atoms with E-state index in [-0.39, 0.29) is 6.04 Å². The summed E-state index contributed by atoms with van der Waals surface area (Å²) >= 11 is 0. The van der Waals surface area contributed by atoms with E-state index in [9.17, 15) is 9.59 Å². The molecule has 7 heteroatoms. The fraction of sp³-hybridized carbons (Fsp3) is 0.500. The molecule has 1 atom stereocenters. The molecule has 1 amide bonds. The van der Waals surface area contributed by atoms with E-state index in [1.807, 2.05) is 18.2 Å². The summed E-state index contributed by atoms with van der Waals surface area (Å²) in [4.78, 5) is 25.8. The number of ether oxygens (including phenoxy) is 2. The van der Waals surface area contributed by atoms with Gasteiger partial charge < -0.3 is 19.5 Å². The molecule has 2 rings (SSSR count). The zero-order valence-electron chi connectivity index (χ0n) is 13.6. The molecule has 0 saturated carbocycles. The number of carbonyl (C=O) groups excluding carboxylic acids is 1. The van der Waals surface area contributed by atoms with Crippen molar-refractivity contribution in [3.8, 4) is 11.5 Å². The number of benzene rings is 1. The first kappa shape index (κ1) is 17.1. The van der Waals surface area contributed by atoms with E-state index in [4.69, 9.17) is 14.6 Å². The average Bonchev–Trinajstić information content (AvgIpc) is 2.59. The number of aliphatic carboxylic acids is 1. The molecule has 1 heterocycles. The first-order valence-electron chi connectivity index (χ1n) is 7.46. The third-order valence-electron chi connectivity index (χ3n) is 4.22. The van der Waals surface area contributed by atoms with E-state index >= 15 is 0 Å². The second-order valence-electron chi connectivity index (χ2n) is 5.42. The lowest BCUT2D eigenvalue weighted by Gasteiger charge is -2.37. The Labute approximate surface area is 135 Å². The Morgan fingerprint density at radius 3 is 2.30 bits per heavy atom. The predicted molar refractivity (Wildman–Crippen MR) is 83.7 cm³/mol. The number of hydrogen-bond acceptors (Lipinski definition) is 5. The van der Waals surface area contributed by atoms with Crippen LogP contribution in [0.2, 0.25) is 0 Å². The van der Waals surface area contributed by atoms with Crippen LogP contribution in [0.1, 0.15) is 18.5 Å². The van der Waals surface area contributed by atoms with Gasteiger partial charge in [0.05, 0.1) is 14.2 Å². The minimum absolute atomic E-state index is 0.0953. The highest BCUT2D eigenvalue weighted by atomic mass is 16.5. The summed E-state index contributed by atoms with van der Waals surface area (Å²) in [5.41, 5.74) is 1.03. The SMILES string of the molecule is COc1ccc(C(C)N2CCN(C(=O)C(=O)O)CC2)c(OC)c1. The third kappa shape index (κ3) is 3.73. The largest absolute Gasteiger partial charge is 0.497 e. The molecule has 1 saturated heterocycles. The molecule has 0 bridgehead atoms. The van der Waals surface area contributed by atoms with Gasteiger partial charge in [-0.3, -0.25) is 9.69 Å². The number of amides is 1. The normalized spacial score (nSPS) is 16.7. The summed E-state index contributed by atoms with van der Waals surface area (Å²) < 4.78 is 10.6. The van der Waals surface area contributed by atoms with Gasteiger partial charge in [0, 0.05) is 43.9 Å². The molecular formula is C16H22N2O5. The summed E-state index contributed by atoms with van der Waals surface area (Å²) in [6.45, 7) is 4.13. The maximum atomic E-state index is 11.5. The molecule has 1 aromatic rings. The summed E-state index contributed by atoms with van der Waals surface area (Å²) in [6.07, 6.45) is 0. The first-order valence-corrected chi connectivity index (χ1v) is 7.46. The van der Waals surface area contributed by atoms with Crippen LogP contribution in [0.25, 0.3) is 0 Å². The summed E-state index contributed by atoms with van der Waals surface area (Å²) in [6, 6.07) is 5.80. The Bertz CT molecular complexity index is 582. The fourth-order valence-corrected chi connectivity index (χ4v) is 2.81. The number of piperazine rings is 1. The van der Waals surface area contributed by atoms with Crippen LogP contribution < -0.4 is 9.47 Å². The van der Waals surface area contributed by atoms with Crippen molar-refractivity contribution in [2.45, 2.75) is 13.0 Å². The molecule has 1 aromatic carbocycles. The van der Waals surface area contributed by atoms with Crippen molar-refractivity contribution in [1.29, 1.82) is 0 Å². The Morgan fingerprint density at radius 1 is 1.13 bits per heavy atom. The van der Waals surface area contributed by atoms with Crippen LogP contribution in [0, 0.1) is 0 Å². The molecule has 7 nitrogen and oxygen atoms in total. The zero-order chi connectivity index (χ0) is 17.0. The van der Waals surface area contributed by atoms with Gasteiger partial charge in [0.25, 0.3) is 0 Å². The molecule has 23 heavy (non-hydrogen) atoms. The van der Waals surface area contributed by atoms with Gasteiger partial charge in [-0.25, -0.2) is 4.79 Å². The van der Waals surface area contributed by atoms with E-state index in [1.54, 1.807) is 14.2 Å². The van der Waals surface area contributed by atoms with Crippen molar-refractivity contribution in [2.75, 3.05) is 40.4 Å². The number of carboxylic acids is 1. The number of hydrogen-bond donors (Lipinski definition) is 1. The lowest BCUT2D eigenvalue weighted by atomic mass is 10.0. The predicted octanol–water partition coefficient (Wildman–Crippen LogP) is 0.994. The zero-order valence-corrected chi connectivity index (χ0v) is 13.6. The van der Waals surface area contributed by atoms with Crippen molar-refractivity contribution >= 4 is 11.9 Å². The van der Waals surface area contributed by atoms with Gasteiger partial charge >= 0.3 is 11.9 Å². The molecule has 0 aromatic heterocycles. The molecule has 0 radical (unpaired) electrons. The lowest BCUT2D eigenvalue weighted by molar-refractivity contribution is -0.157. The van der Waals surface area contributed by atoms with Crippen LogP contribution >= 0.6 is 0 Å². The van der Waals surface area contributed by atoms with Crippen LogP contribution in [-0.4, -0.2) is 67.2 Å². The number of carbonyl (C=O) groups is 2. The summed E-state index contributed by atoms with van der Waals surface area (Å²) in [7, 11) is 3.23. The summed E-state index contributed by atoms with van der Waals surface area (Å²) in [5, 5.41) is 8.77. The monoisotopic (exact) mass is 322 g/mol. The standard InChI is InChI=1S/C16H22N2O5/c1-11(13-5-4-12(22-2)10-14(13)23-3)17-6-8-18(9-7-17)15(19)16(20)21/h4-5,10-11H,6-9H2,1-3H3,(H,20,21). The van der Waals surface area contributed by atoms with E-state index in [1.165, 1.54) is 4.90 Å². The number of methoxy groups -OCH3 is 2. The van der Waals surface area contributed by atoms with Crippen LogP contribution in [0.3, 0.4) is 0 Å². The second-order valence-corrected chi connectivity index (χ2v) is 5.42. The summed E-state index contributed by atoms with van der Waals surface area (Å²) in [5.74, 6) is -0.752. The topological polar surface area (TPSA) is 79.3 Å². The van der Waals surface area contributed by atoms with Crippen molar-refractivity contribution in [3.05, 3.63) is 23.8 Å². The van der Waals surface area contributed by atoms with Crippen molar-refractivity contribution < 1.29 is 24.2 Å². The minimum atomic E-state index is -1.40.